The highest BCUT2D eigenvalue weighted by atomic mass is 35.5. The number of rotatable bonds is 3. The van der Waals surface area contributed by atoms with E-state index < -0.39 is 0 Å². The van der Waals surface area contributed by atoms with Gasteiger partial charge in [-0.3, -0.25) is 4.57 Å². The summed E-state index contributed by atoms with van der Waals surface area (Å²) in [6.45, 7) is 3.17. The third kappa shape index (κ3) is 1.75. The van der Waals surface area contributed by atoms with Gasteiger partial charge < -0.3 is 5.73 Å². The smallest absolute Gasteiger partial charge is 0.202 e. The quantitative estimate of drug-likeness (QED) is 0.926. The van der Waals surface area contributed by atoms with E-state index in [0.29, 0.717) is 16.4 Å². The van der Waals surface area contributed by atoms with Gasteiger partial charge in [-0.2, -0.15) is 0 Å². The minimum absolute atomic E-state index is 0.392. The SMILES string of the molecule is CCC1(Cn2c(N)nc3cc(Cl)cnc32)CCC1. The van der Waals surface area contributed by atoms with Crippen LogP contribution >= 0.6 is 11.6 Å². The van der Waals surface area contributed by atoms with Crippen molar-refractivity contribution in [3.63, 3.8) is 0 Å². The van der Waals surface area contributed by atoms with Gasteiger partial charge in [0.15, 0.2) is 5.65 Å². The molecule has 5 heteroatoms. The van der Waals surface area contributed by atoms with Crippen molar-refractivity contribution < 1.29 is 0 Å². The summed E-state index contributed by atoms with van der Waals surface area (Å²) < 4.78 is 2.04. The Balaban J connectivity index is 2.03. The molecular formula is C13H17ClN4. The van der Waals surface area contributed by atoms with Crippen LogP contribution < -0.4 is 5.73 Å². The molecule has 0 spiro atoms. The molecule has 1 aliphatic rings. The second kappa shape index (κ2) is 4.12. The summed E-state index contributed by atoms with van der Waals surface area (Å²) >= 11 is 5.93. The van der Waals surface area contributed by atoms with Crippen molar-refractivity contribution in [2.24, 2.45) is 5.41 Å². The van der Waals surface area contributed by atoms with Crippen molar-refractivity contribution in [1.82, 2.24) is 14.5 Å². The van der Waals surface area contributed by atoms with Gasteiger partial charge in [0.05, 0.1) is 5.02 Å². The molecule has 0 atom stereocenters. The zero-order valence-corrected chi connectivity index (χ0v) is 11.2. The van der Waals surface area contributed by atoms with Crippen LogP contribution in [0.4, 0.5) is 5.95 Å². The lowest BCUT2D eigenvalue weighted by atomic mass is 9.67. The first-order valence-electron chi connectivity index (χ1n) is 6.41. The van der Waals surface area contributed by atoms with E-state index in [2.05, 4.69) is 16.9 Å². The normalized spacial score (nSPS) is 17.9. The van der Waals surface area contributed by atoms with E-state index in [9.17, 15) is 0 Å². The number of hydrogen-bond donors (Lipinski definition) is 1. The van der Waals surface area contributed by atoms with Gasteiger partial charge >= 0.3 is 0 Å². The lowest BCUT2D eigenvalue weighted by Gasteiger charge is -2.41. The first-order valence-corrected chi connectivity index (χ1v) is 6.79. The molecule has 1 saturated carbocycles. The molecule has 18 heavy (non-hydrogen) atoms. The molecule has 2 N–H and O–H groups in total. The predicted molar refractivity (Wildman–Crippen MR) is 73.5 cm³/mol. The minimum atomic E-state index is 0.392. The fourth-order valence-corrected chi connectivity index (χ4v) is 2.95. The first kappa shape index (κ1) is 11.8. The minimum Gasteiger partial charge on any atom is -0.369 e. The summed E-state index contributed by atoms with van der Waals surface area (Å²) in [6.07, 6.45) is 6.70. The van der Waals surface area contributed by atoms with Gasteiger partial charge in [0.25, 0.3) is 0 Å². The van der Waals surface area contributed by atoms with Crippen LogP contribution in [-0.4, -0.2) is 14.5 Å². The molecule has 0 radical (unpaired) electrons. The van der Waals surface area contributed by atoms with Crippen molar-refractivity contribution >= 4 is 28.7 Å². The molecular weight excluding hydrogens is 248 g/mol. The van der Waals surface area contributed by atoms with Gasteiger partial charge in [-0.15, -0.1) is 0 Å². The second-order valence-corrected chi connectivity index (χ2v) is 5.70. The number of anilines is 1. The van der Waals surface area contributed by atoms with Crippen LogP contribution in [0, 0.1) is 5.41 Å². The third-order valence-electron chi connectivity index (χ3n) is 4.24. The average molecular weight is 265 g/mol. The van der Waals surface area contributed by atoms with Crippen molar-refractivity contribution in [3.05, 3.63) is 17.3 Å². The van der Waals surface area contributed by atoms with E-state index in [0.717, 1.165) is 17.7 Å². The Hall–Kier alpha value is -1.29. The number of aromatic nitrogens is 3. The molecule has 0 saturated heterocycles. The molecule has 4 nitrogen and oxygen atoms in total. The molecule has 1 aliphatic carbocycles. The Morgan fingerprint density at radius 1 is 1.50 bits per heavy atom. The van der Waals surface area contributed by atoms with Gasteiger partial charge in [-0.25, -0.2) is 9.97 Å². The maximum absolute atomic E-state index is 6.01. The number of imidazole rings is 1. The highest BCUT2D eigenvalue weighted by Gasteiger charge is 2.36. The Kier molecular flexibility index (Phi) is 2.70. The van der Waals surface area contributed by atoms with E-state index in [1.165, 1.54) is 25.7 Å². The van der Waals surface area contributed by atoms with E-state index in [1.807, 2.05) is 10.6 Å². The Morgan fingerprint density at radius 3 is 2.89 bits per heavy atom. The fraction of sp³-hybridized carbons (Fsp3) is 0.538. The molecule has 0 aromatic carbocycles. The number of hydrogen-bond acceptors (Lipinski definition) is 3. The highest BCUT2D eigenvalue weighted by molar-refractivity contribution is 6.31. The Bertz CT molecular complexity index is 580. The van der Waals surface area contributed by atoms with Crippen molar-refractivity contribution in [2.45, 2.75) is 39.2 Å². The molecule has 0 unspecified atom stereocenters. The van der Waals surface area contributed by atoms with Crippen LogP contribution in [0.3, 0.4) is 0 Å². The average Bonchev–Trinajstić information content (AvgIpc) is 2.59. The Labute approximate surface area is 111 Å². The van der Waals surface area contributed by atoms with Crippen LogP contribution in [0.15, 0.2) is 12.3 Å². The van der Waals surface area contributed by atoms with E-state index >= 15 is 0 Å². The van der Waals surface area contributed by atoms with Crippen LogP contribution in [0.1, 0.15) is 32.6 Å². The number of nitrogens with zero attached hydrogens (tertiary/aromatic N) is 3. The number of nitrogens with two attached hydrogens (primary N) is 1. The fourth-order valence-electron chi connectivity index (χ4n) is 2.80. The van der Waals surface area contributed by atoms with Gasteiger partial charge in [-0.05, 0) is 30.7 Å². The number of fused-ring (bicyclic) bond motifs is 1. The topological polar surface area (TPSA) is 56.7 Å². The zero-order chi connectivity index (χ0) is 12.8. The Morgan fingerprint density at radius 2 is 2.28 bits per heavy atom. The summed E-state index contributed by atoms with van der Waals surface area (Å²) in [4.78, 5) is 8.71. The third-order valence-corrected chi connectivity index (χ3v) is 4.45. The summed E-state index contributed by atoms with van der Waals surface area (Å²) in [5.74, 6) is 0.541. The molecule has 2 heterocycles. The van der Waals surface area contributed by atoms with E-state index in [-0.39, 0.29) is 0 Å². The lowest BCUT2D eigenvalue weighted by molar-refractivity contribution is 0.103. The standard InChI is InChI=1S/C13H17ClN4/c1-2-13(4-3-5-13)8-18-11-10(17-12(18)15)6-9(14)7-16-11/h6-7H,2-5,8H2,1H3,(H2,15,17). The number of halogens is 1. The summed E-state index contributed by atoms with van der Waals surface area (Å²) in [5.41, 5.74) is 8.03. The number of nitrogen functional groups attached to an aromatic ring is 1. The summed E-state index contributed by atoms with van der Waals surface area (Å²) in [6, 6.07) is 1.82. The van der Waals surface area contributed by atoms with Crippen LogP contribution in [0.2, 0.25) is 5.02 Å². The van der Waals surface area contributed by atoms with Crippen LogP contribution in [0.5, 0.6) is 0 Å². The van der Waals surface area contributed by atoms with E-state index in [4.69, 9.17) is 17.3 Å². The van der Waals surface area contributed by atoms with E-state index in [1.54, 1.807) is 6.20 Å². The van der Waals surface area contributed by atoms with Gasteiger partial charge in [0.2, 0.25) is 5.95 Å². The van der Waals surface area contributed by atoms with Gasteiger partial charge in [0, 0.05) is 12.7 Å². The molecule has 2 aromatic rings. The maximum atomic E-state index is 6.01. The molecule has 0 amide bonds. The van der Waals surface area contributed by atoms with Crippen molar-refractivity contribution in [3.8, 4) is 0 Å². The summed E-state index contributed by atoms with van der Waals surface area (Å²) in [5, 5.41) is 0.598. The molecule has 3 rings (SSSR count). The monoisotopic (exact) mass is 264 g/mol. The van der Waals surface area contributed by atoms with Crippen molar-refractivity contribution in [1.29, 1.82) is 0 Å². The maximum Gasteiger partial charge on any atom is 0.202 e. The zero-order valence-electron chi connectivity index (χ0n) is 10.5. The largest absolute Gasteiger partial charge is 0.369 e. The molecule has 0 aliphatic heterocycles. The second-order valence-electron chi connectivity index (χ2n) is 5.26. The molecule has 0 bridgehead atoms. The molecule has 96 valence electrons. The van der Waals surface area contributed by atoms with Crippen LogP contribution in [0.25, 0.3) is 11.2 Å². The predicted octanol–water partition coefficient (Wildman–Crippen LogP) is 3.25. The first-order chi connectivity index (χ1) is 8.63. The summed E-state index contributed by atoms with van der Waals surface area (Å²) in [7, 11) is 0. The lowest BCUT2D eigenvalue weighted by Crippen LogP contribution is -2.33. The number of pyridine rings is 1. The van der Waals surface area contributed by atoms with Gasteiger partial charge in [-0.1, -0.05) is 24.9 Å². The van der Waals surface area contributed by atoms with Gasteiger partial charge in [0.1, 0.15) is 5.52 Å². The molecule has 2 aromatic heterocycles. The molecule has 1 fully saturated rings. The van der Waals surface area contributed by atoms with Crippen molar-refractivity contribution in [2.75, 3.05) is 5.73 Å². The highest BCUT2D eigenvalue weighted by Crippen LogP contribution is 2.45. The van der Waals surface area contributed by atoms with Crippen LogP contribution in [-0.2, 0) is 6.54 Å².